The van der Waals surface area contributed by atoms with Crippen LogP contribution in [-0.4, -0.2) is 43.1 Å². The zero-order chi connectivity index (χ0) is 11.4. The minimum absolute atomic E-state index is 0.283. The maximum absolute atomic E-state index is 11.4. The van der Waals surface area contributed by atoms with Crippen molar-refractivity contribution in [2.24, 2.45) is 10.7 Å². The molecule has 0 aliphatic carbocycles. The van der Waals surface area contributed by atoms with Gasteiger partial charge in [-0.3, -0.25) is 4.99 Å². The van der Waals surface area contributed by atoms with E-state index in [0.717, 1.165) is 0 Å². The van der Waals surface area contributed by atoms with E-state index in [1.165, 1.54) is 4.90 Å². The predicted molar refractivity (Wildman–Crippen MR) is 56.4 cm³/mol. The summed E-state index contributed by atoms with van der Waals surface area (Å²) in [5.41, 5.74) is 4.99. The molecule has 0 saturated carbocycles. The van der Waals surface area contributed by atoms with Gasteiger partial charge >= 0.3 is 6.09 Å². The molecule has 0 aromatic heterocycles. The average molecular weight is 201 g/mol. The Balaban J connectivity index is 4.14. The number of nitrogens with two attached hydrogens (primary N) is 1. The summed E-state index contributed by atoms with van der Waals surface area (Å²) >= 11 is 0. The second kappa shape index (κ2) is 4.83. The molecule has 0 bridgehead atoms. The van der Waals surface area contributed by atoms with Crippen molar-refractivity contribution in [2.45, 2.75) is 26.4 Å². The molecule has 5 nitrogen and oxygen atoms in total. The van der Waals surface area contributed by atoms with Gasteiger partial charge in [-0.25, -0.2) is 4.79 Å². The zero-order valence-corrected chi connectivity index (χ0v) is 9.50. The van der Waals surface area contributed by atoms with Gasteiger partial charge < -0.3 is 15.4 Å². The van der Waals surface area contributed by atoms with Crippen LogP contribution in [0.15, 0.2) is 4.99 Å². The quantitative estimate of drug-likeness (QED) is 0.531. The molecule has 1 amide bonds. The van der Waals surface area contributed by atoms with Crippen molar-refractivity contribution in [1.82, 2.24) is 4.90 Å². The number of hydrogen-bond donors (Lipinski definition) is 1. The maximum Gasteiger partial charge on any atom is 0.410 e. The van der Waals surface area contributed by atoms with E-state index in [2.05, 4.69) is 4.99 Å². The highest BCUT2D eigenvalue weighted by Crippen LogP contribution is 2.08. The monoisotopic (exact) mass is 201 g/mol. The van der Waals surface area contributed by atoms with Crippen molar-refractivity contribution < 1.29 is 9.53 Å². The Kier molecular flexibility index (Phi) is 4.40. The second-order valence-electron chi connectivity index (χ2n) is 4.05. The number of rotatable bonds is 2. The van der Waals surface area contributed by atoms with E-state index in [9.17, 15) is 4.79 Å². The summed E-state index contributed by atoms with van der Waals surface area (Å²) in [5, 5.41) is 0. The lowest BCUT2D eigenvalue weighted by atomic mass is 10.2. The van der Waals surface area contributed by atoms with Crippen LogP contribution in [0.3, 0.4) is 0 Å². The minimum Gasteiger partial charge on any atom is -0.444 e. The van der Waals surface area contributed by atoms with Gasteiger partial charge in [0.05, 0.1) is 6.54 Å². The molecule has 0 heterocycles. The summed E-state index contributed by atoms with van der Waals surface area (Å²) in [5.74, 6) is 0.401. The molecule has 0 radical (unpaired) electrons. The lowest BCUT2D eigenvalue weighted by Crippen LogP contribution is -2.39. The molecule has 14 heavy (non-hydrogen) atoms. The lowest BCUT2D eigenvalue weighted by molar-refractivity contribution is 0.0323. The van der Waals surface area contributed by atoms with E-state index < -0.39 is 11.7 Å². The third-order valence-electron chi connectivity index (χ3n) is 1.39. The van der Waals surface area contributed by atoms with Gasteiger partial charge in [-0.05, 0) is 20.8 Å². The van der Waals surface area contributed by atoms with E-state index in [1.807, 2.05) is 20.8 Å². The van der Waals surface area contributed by atoms with Gasteiger partial charge in [-0.1, -0.05) is 0 Å². The smallest absolute Gasteiger partial charge is 0.410 e. The van der Waals surface area contributed by atoms with Crippen LogP contribution in [0.2, 0.25) is 0 Å². The first-order chi connectivity index (χ1) is 6.26. The summed E-state index contributed by atoms with van der Waals surface area (Å²) in [4.78, 5) is 16.5. The lowest BCUT2D eigenvalue weighted by Gasteiger charge is -2.24. The van der Waals surface area contributed by atoms with Crippen molar-refractivity contribution >= 4 is 11.9 Å². The average Bonchev–Trinajstić information content (AvgIpc) is 2.00. The van der Waals surface area contributed by atoms with Gasteiger partial charge in [0.15, 0.2) is 0 Å². The van der Waals surface area contributed by atoms with E-state index >= 15 is 0 Å². The topological polar surface area (TPSA) is 67.9 Å². The Hall–Kier alpha value is -1.26. The van der Waals surface area contributed by atoms with Gasteiger partial charge in [-0.15, -0.1) is 0 Å². The number of hydrogen-bond acceptors (Lipinski definition) is 3. The van der Waals surface area contributed by atoms with Crippen LogP contribution >= 0.6 is 0 Å². The molecule has 0 unspecified atom stereocenters. The maximum atomic E-state index is 11.4. The molecule has 0 spiro atoms. The Morgan fingerprint density at radius 3 is 2.36 bits per heavy atom. The summed E-state index contributed by atoms with van der Waals surface area (Å²) < 4.78 is 5.12. The molecule has 2 N–H and O–H groups in total. The van der Waals surface area contributed by atoms with Crippen LogP contribution in [-0.2, 0) is 4.74 Å². The summed E-state index contributed by atoms with van der Waals surface area (Å²) in [6.45, 7) is 5.73. The highest BCUT2D eigenvalue weighted by Gasteiger charge is 2.19. The number of ether oxygens (including phenoxy) is 1. The molecule has 0 aromatic carbocycles. The molecule has 0 aliphatic rings. The van der Waals surface area contributed by atoms with E-state index in [4.69, 9.17) is 10.5 Å². The van der Waals surface area contributed by atoms with E-state index in [0.29, 0.717) is 5.84 Å². The van der Waals surface area contributed by atoms with Crippen LogP contribution in [0.5, 0.6) is 0 Å². The fourth-order valence-electron chi connectivity index (χ4n) is 0.718. The highest BCUT2D eigenvalue weighted by atomic mass is 16.6. The first kappa shape index (κ1) is 12.7. The molecule has 0 fully saturated rings. The minimum atomic E-state index is -0.483. The normalized spacial score (nSPS) is 12.5. The van der Waals surface area contributed by atoms with Crippen molar-refractivity contribution in [1.29, 1.82) is 0 Å². The molecule has 82 valence electrons. The molecule has 0 atom stereocenters. The Labute approximate surface area is 84.9 Å². The van der Waals surface area contributed by atoms with Crippen molar-refractivity contribution in [3.8, 4) is 0 Å². The van der Waals surface area contributed by atoms with Crippen LogP contribution in [0.25, 0.3) is 0 Å². The van der Waals surface area contributed by atoms with Gasteiger partial charge in [0.2, 0.25) is 0 Å². The Morgan fingerprint density at radius 1 is 1.50 bits per heavy atom. The SMILES string of the molecule is CN=C(N)CN(C)C(=O)OC(C)(C)C. The van der Waals surface area contributed by atoms with Gasteiger partial charge in [0.1, 0.15) is 11.4 Å². The summed E-state index contributed by atoms with van der Waals surface area (Å²) in [6, 6.07) is 0. The fourth-order valence-corrected chi connectivity index (χ4v) is 0.718. The molecule has 5 heteroatoms. The van der Waals surface area contributed by atoms with Crippen LogP contribution in [0, 0.1) is 0 Å². The largest absolute Gasteiger partial charge is 0.444 e. The second-order valence-corrected chi connectivity index (χ2v) is 4.05. The van der Waals surface area contributed by atoms with E-state index in [1.54, 1.807) is 14.1 Å². The van der Waals surface area contributed by atoms with Gasteiger partial charge in [0.25, 0.3) is 0 Å². The summed E-state index contributed by atoms with van der Waals surface area (Å²) in [7, 11) is 3.20. The standard InChI is InChI=1S/C9H19N3O2/c1-9(2,3)14-8(13)12(5)6-7(10)11-4/h6H2,1-5H3,(H2,10,11). The number of aliphatic imine (C=N–C) groups is 1. The zero-order valence-electron chi connectivity index (χ0n) is 9.50. The Morgan fingerprint density at radius 2 is 2.00 bits per heavy atom. The first-order valence-electron chi connectivity index (χ1n) is 4.41. The number of nitrogens with zero attached hydrogens (tertiary/aromatic N) is 2. The number of likely N-dealkylation sites (N-methyl/N-ethyl adjacent to an activating group) is 1. The van der Waals surface area contributed by atoms with Crippen LogP contribution in [0.1, 0.15) is 20.8 Å². The first-order valence-corrected chi connectivity index (χ1v) is 4.41. The van der Waals surface area contributed by atoms with E-state index in [-0.39, 0.29) is 6.54 Å². The highest BCUT2D eigenvalue weighted by molar-refractivity contribution is 5.85. The molecule has 0 saturated heterocycles. The van der Waals surface area contributed by atoms with Crippen molar-refractivity contribution in [3.05, 3.63) is 0 Å². The Bertz CT molecular complexity index is 231. The number of carbonyl (C=O) groups excluding carboxylic acids is 1. The predicted octanol–water partition coefficient (Wildman–Crippen LogP) is 0.840. The molecular weight excluding hydrogens is 182 g/mol. The van der Waals surface area contributed by atoms with Gasteiger partial charge in [-0.2, -0.15) is 0 Å². The van der Waals surface area contributed by atoms with Gasteiger partial charge in [0, 0.05) is 14.1 Å². The van der Waals surface area contributed by atoms with Crippen LogP contribution in [0.4, 0.5) is 4.79 Å². The summed E-state index contributed by atoms with van der Waals surface area (Å²) in [6.07, 6.45) is -0.399. The number of amidine groups is 1. The molecule has 0 aliphatic heterocycles. The third kappa shape index (κ3) is 5.40. The third-order valence-corrected chi connectivity index (χ3v) is 1.39. The van der Waals surface area contributed by atoms with Crippen molar-refractivity contribution in [3.63, 3.8) is 0 Å². The number of amides is 1. The fraction of sp³-hybridized carbons (Fsp3) is 0.778. The number of carbonyl (C=O) groups is 1. The van der Waals surface area contributed by atoms with Crippen LogP contribution < -0.4 is 5.73 Å². The molecular formula is C9H19N3O2. The van der Waals surface area contributed by atoms with Crippen molar-refractivity contribution in [2.75, 3.05) is 20.6 Å². The molecule has 0 aromatic rings. The molecule has 0 rings (SSSR count).